The van der Waals surface area contributed by atoms with Gasteiger partial charge in [-0.2, -0.15) is 23.2 Å². The van der Waals surface area contributed by atoms with Crippen molar-refractivity contribution >= 4 is 34.7 Å². The van der Waals surface area contributed by atoms with Gasteiger partial charge >= 0.3 is 24.3 Å². The number of hydrogen-bond acceptors (Lipinski definition) is 8. The fourth-order valence-electron chi connectivity index (χ4n) is 3.40. The zero-order chi connectivity index (χ0) is 29.3. The molecule has 0 saturated heterocycles. The number of benzene rings is 1. The number of anilines is 1. The maximum atomic E-state index is 13.9. The Hall–Kier alpha value is -4.16. The number of fused-ring (bicyclic) bond motifs is 1. The van der Waals surface area contributed by atoms with Crippen LogP contribution in [0.15, 0.2) is 36.5 Å². The van der Waals surface area contributed by atoms with Crippen molar-refractivity contribution in [3.63, 3.8) is 0 Å². The van der Waals surface area contributed by atoms with E-state index in [1.807, 2.05) is 0 Å². The number of amides is 2. The third kappa shape index (κ3) is 7.03. The zero-order valence-electron chi connectivity index (χ0n) is 22.5. The average molecular weight is 551 g/mol. The van der Waals surface area contributed by atoms with E-state index in [-0.39, 0.29) is 23.5 Å². The van der Waals surface area contributed by atoms with Crippen LogP contribution in [0.1, 0.15) is 64.6 Å². The molecule has 0 unspecified atom stereocenters. The van der Waals surface area contributed by atoms with Gasteiger partial charge in [-0.25, -0.2) is 24.0 Å². The van der Waals surface area contributed by atoms with Crippen LogP contribution >= 0.6 is 0 Å². The molecule has 10 nitrogen and oxygen atoms in total. The second kappa shape index (κ2) is 10.5. The van der Waals surface area contributed by atoms with Gasteiger partial charge < -0.3 is 14.2 Å². The number of pyridine rings is 1. The van der Waals surface area contributed by atoms with E-state index in [1.165, 1.54) is 31.3 Å². The fourth-order valence-corrected chi connectivity index (χ4v) is 3.40. The van der Waals surface area contributed by atoms with E-state index < -0.39 is 46.9 Å². The molecule has 0 aliphatic heterocycles. The zero-order valence-corrected chi connectivity index (χ0v) is 22.5. The number of aromatic nitrogens is 3. The summed E-state index contributed by atoms with van der Waals surface area (Å²) < 4.78 is 57.8. The molecule has 0 radical (unpaired) electrons. The van der Waals surface area contributed by atoms with Gasteiger partial charge in [0.25, 0.3) is 0 Å². The van der Waals surface area contributed by atoms with Crippen LogP contribution in [-0.2, 0) is 20.4 Å². The SMILES string of the molecule is CCOC(=O)c1cc(C(F)(F)F)n(-c2ccc3ccnc(N(C(=O)OC(C)(C)C)C(=O)OC(C)(C)C)c3c2)n1. The summed E-state index contributed by atoms with van der Waals surface area (Å²) in [5.41, 5.74) is -3.88. The van der Waals surface area contributed by atoms with Crippen LogP contribution in [0.4, 0.5) is 28.6 Å². The Balaban J connectivity index is 2.24. The smallest absolute Gasteiger partial charge is 0.433 e. The number of hydrogen-bond donors (Lipinski definition) is 0. The lowest BCUT2D eigenvalue weighted by atomic mass is 10.1. The van der Waals surface area contributed by atoms with E-state index >= 15 is 0 Å². The van der Waals surface area contributed by atoms with Crippen LogP contribution in [0.3, 0.4) is 0 Å². The maximum absolute atomic E-state index is 13.9. The topological polar surface area (TPSA) is 113 Å². The Labute approximate surface area is 222 Å². The number of imide groups is 1. The number of rotatable bonds is 4. The fraction of sp³-hybridized carbons (Fsp3) is 0.423. The van der Waals surface area contributed by atoms with Crippen molar-refractivity contribution in [2.24, 2.45) is 0 Å². The highest BCUT2D eigenvalue weighted by Crippen LogP contribution is 2.34. The number of carbonyl (C=O) groups excluding carboxylic acids is 3. The molecule has 0 bridgehead atoms. The summed E-state index contributed by atoms with van der Waals surface area (Å²) in [4.78, 5) is 43.2. The normalized spacial score (nSPS) is 12.3. The first-order valence-electron chi connectivity index (χ1n) is 11.9. The number of alkyl halides is 3. The Kier molecular flexibility index (Phi) is 7.95. The van der Waals surface area contributed by atoms with Gasteiger partial charge in [0.15, 0.2) is 11.5 Å². The quantitative estimate of drug-likeness (QED) is 0.275. The molecule has 39 heavy (non-hydrogen) atoms. The van der Waals surface area contributed by atoms with E-state index in [1.54, 1.807) is 47.6 Å². The molecular formula is C26H29F3N4O6. The summed E-state index contributed by atoms with van der Waals surface area (Å²) in [6, 6.07) is 6.19. The number of nitrogens with zero attached hydrogens (tertiary/aromatic N) is 4. The molecule has 1 aromatic carbocycles. The molecular weight excluding hydrogens is 521 g/mol. The molecule has 2 heterocycles. The molecule has 0 saturated carbocycles. The first-order chi connectivity index (χ1) is 17.9. The maximum Gasteiger partial charge on any atom is 0.433 e. The lowest BCUT2D eigenvalue weighted by molar-refractivity contribution is -0.142. The number of ether oxygens (including phenoxy) is 3. The molecule has 3 rings (SSSR count). The summed E-state index contributed by atoms with van der Waals surface area (Å²) in [6.07, 6.45) is -5.74. The monoisotopic (exact) mass is 550 g/mol. The van der Waals surface area contributed by atoms with Crippen molar-refractivity contribution in [3.05, 3.63) is 47.9 Å². The Morgan fingerprint density at radius 1 is 0.923 bits per heavy atom. The van der Waals surface area contributed by atoms with Crippen LogP contribution in [0.25, 0.3) is 16.5 Å². The Morgan fingerprint density at radius 2 is 1.51 bits per heavy atom. The molecule has 0 N–H and O–H groups in total. The summed E-state index contributed by atoms with van der Waals surface area (Å²) in [6.45, 7) is 11.1. The van der Waals surface area contributed by atoms with Gasteiger partial charge in [0.05, 0.1) is 12.3 Å². The van der Waals surface area contributed by atoms with Crippen LogP contribution < -0.4 is 4.90 Å². The Morgan fingerprint density at radius 3 is 2.03 bits per heavy atom. The number of esters is 1. The molecule has 0 atom stereocenters. The average Bonchev–Trinajstić information content (AvgIpc) is 3.23. The molecule has 0 aliphatic rings. The van der Waals surface area contributed by atoms with Crippen molar-refractivity contribution in [3.8, 4) is 5.69 Å². The van der Waals surface area contributed by atoms with Crippen LogP contribution in [0, 0.1) is 0 Å². The molecule has 2 aromatic heterocycles. The lowest BCUT2D eigenvalue weighted by Crippen LogP contribution is -2.44. The molecule has 2 amide bonds. The number of halogens is 3. The van der Waals surface area contributed by atoms with Crippen molar-refractivity contribution in [2.75, 3.05) is 11.5 Å². The third-order valence-electron chi connectivity index (χ3n) is 4.82. The van der Waals surface area contributed by atoms with E-state index in [2.05, 4.69) is 10.1 Å². The van der Waals surface area contributed by atoms with E-state index in [0.717, 1.165) is 0 Å². The van der Waals surface area contributed by atoms with Crippen LogP contribution in [-0.4, -0.2) is 50.7 Å². The number of carbonyl (C=O) groups is 3. The standard InChI is InChI=1S/C26H29F3N4O6/c1-8-37-21(34)18-14-19(26(27,28)29)33(31-18)16-10-9-15-11-12-30-20(17(15)13-16)32(22(35)38-24(2,3)4)23(36)39-25(5,6)7/h9-14H,8H2,1-7H3. The van der Waals surface area contributed by atoms with E-state index in [9.17, 15) is 27.6 Å². The largest absolute Gasteiger partial charge is 0.461 e. The van der Waals surface area contributed by atoms with Gasteiger partial charge in [-0.3, -0.25) is 0 Å². The van der Waals surface area contributed by atoms with Gasteiger partial charge in [-0.05, 0) is 72.1 Å². The van der Waals surface area contributed by atoms with Crippen molar-refractivity contribution in [1.29, 1.82) is 0 Å². The summed E-state index contributed by atoms with van der Waals surface area (Å²) in [5, 5.41) is 4.37. The summed E-state index contributed by atoms with van der Waals surface area (Å²) >= 11 is 0. The third-order valence-corrected chi connectivity index (χ3v) is 4.82. The first kappa shape index (κ1) is 29.4. The highest BCUT2D eigenvalue weighted by Gasteiger charge is 2.38. The molecule has 0 fully saturated rings. The van der Waals surface area contributed by atoms with Gasteiger partial charge in [0.2, 0.25) is 0 Å². The highest BCUT2D eigenvalue weighted by atomic mass is 19.4. The van der Waals surface area contributed by atoms with E-state index in [4.69, 9.17) is 14.2 Å². The predicted octanol–water partition coefficient (Wildman–Crippen LogP) is 6.29. The lowest BCUT2D eigenvalue weighted by Gasteiger charge is -2.28. The van der Waals surface area contributed by atoms with Gasteiger partial charge in [0, 0.05) is 17.6 Å². The van der Waals surface area contributed by atoms with Gasteiger partial charge in [-0.1, -0.05) is 6.07 Å². The minimum absolute atomic E-state index is 0.0524. The van der Waals surface area contributed by atoms with Gasteiger partial charge in [0.1, 0.15) is 16.9 Å². The Bertz CT molecular complexity index is 1380. The van der Waals surface area contributed by atoms with Crippen LogP contribution in [0.2, 0.25) is 0 Å². The molecule has 0 aliphatic carbocycles. The van der Waals surface area contributed by atoms with Crippen molar-refractivity contribution in [1.82, 2.24) is 14.8 Å². The van der Waals surface area contributed by atoms with Crippen molar-refractivity contribution in [2.45, 2.75) is 65.8 Å². The molecule has 3 aromatic rings. The summed E-state index contributed by atoms with van der Waals surface area (Å²) in [7, 11) is 0. The van der Waals surface area contributed by atoms with Gasteiger partial charge in [-0.15, -0.1) is 0 Å². The van der Waals surface area contributed by atoms with E-state index in [0.29, 0.717) is 21.0 Å². The molecule has 210 valence electrons. The second-order valence-electron chi connectivity index (χ2n) is 10.4. The molecule has 0 spiro atoms. The minimum atomic E-state index is -4.87. The predicted molar refractivity (Wildman–Crippen MR) is 135 cm³/mol. The second-order valence-corrected chi connectivity index (χ2v) is 10.4. The van der Waals surface area contributed by atoms with Crippen molar-refractivity contribution < 1.29 is 41.8 Å². The first-order valence-corrected chi connectivity index (χ1v) is 11.9. The summed E-state index contributed by atoms with van der Waals surface area (Å²) in [5.74, 6) is -1.25. The highest BCUT2D eigenvalue weighted by molar-refractivity contribution is 6.14. The molecule has 13 heteroatoms. The minimum Gasteiger partial charge on any atom is -0.461 e. The van der Waals surface area contributed by atoms with Crippen LogP contribution in [0.5, 0.6) is 0 Å².